The summed E-state index contributed by atoms with van der Waals surface area (Å²) < 4.78 is 9.78. The largest absolute Gasteiger partial charge is 0.467 e. The number of carbonyl (C=O) groups is 3. The molecule has 0 unspecified atom stereocenters. The number of amides is 1. The minimum Gasteiger partial charge on any atom is -0.467 e. The minimum absolute atomic E-state index is 0.277. The zero-order valence-corrected chi connectivity index (χ0v) is 16.2. The van der Waals surface area contributed by atoms with Crippen LogP contribution in [0.15, 0.2) is 54.6 Å². The fourth-order valence-corrected chi connectivity index (χ4v) is 2.53. The molecule has 0 aromatic heterocycles. The molecule has 0 heterocycles. The number of nitrogens with zero attached hydrogens (tertiary/aromatic N) is 1. The van der Waals surface area contributed by atoms with Gasteiger partial charge in [-0.3, -0.25) is 4.79 Å². The Labute approximate surface area is 164 Å². The van der Waals surface area contributed by atoms with Crippen LogP contribution in [-0.4, -0.2) is 51.7 Å². The van der Waals surface area contributed by atoms with Crippen LogP contribution in [-0.2, 0) is 25.5 Å². The van der Waals surface area contributed by atoms with E-state index >= 15 is 0 Å². The second-order valence-electron chi connectivity index (χ2n) is 6.35. The van der Waals surface area contributed by atoms with E-state index in [-0.39, 0.29) is 6.42 Å². The maximum Gasteiger partial charge on any atom is 0.338 e. The molecule has 1 amide bonds. The molecule has 0 spiro atoms. The fraction of sp³-hybridized carbons (Fsp3) is 0.286. The van der Waals surface area contributed by atoms with Crippen molar-refractivity contribution in [2.75, 3.05) is 32.7 Å². The summed E-state index contributed by atoms with van der Waals surface area (Å²) >= 11 is 0. The summed E-state index contributed by atoms with van der Waals surface area (Å²) in [5, 5.41) is 2.55. The molecular formula is C21H24N2O5. The van der Waals surface area contributed by atoms with Gasteiger partial charge < -0.3 is 19.7 Å². The lowest BCUT2D eigenvalue weighted by Gasteiger charge is -2.16. The third-order valence-electron chi connectivity index (χ3n) is 4.06. The lowest BCUT2D eigenvalue weighted by atomic mass is 10.1. The van der Waals surface area contributed by atoms with Gasteiger partial charge in [0.1, 0.15) is 6.04 Å². The van der Waals surface area contributed by atoms with E-state index in [0.717, 1.165) is 11.3 Å². The number of nitrogens with one attached hydrogen (secondary N) is 1. The molecule has 2 aromatic carbocycles. The first kappa shape index (κ1) is 21.0. The Morgan fingerprint density at radius 1 is 1.00 bits per heavy atom. The van der Waals surface area contributed by atoms with Crippen molar-refractivity contribution in [3.05, 3.63) is 65.7 Å². The van der Waals surface area contributed by atoms with Gasteiger partial charge in [-0.2, -0.15) is 0 Å². The molecule has 2 aromatic rings. The highest BCUT2D eigenvalue weighted by Gasteiger charge is 2.22. The van der Waals surface area contributed by atoms with Crippen molar-refractivity contribution >= 4 is 23.5 Å². The van der Waals surface area contributed by atoms with Crippen LogP contribution in [0.2, 0.25) is 0 Å². The summed E-state index contributed by atoms with van der Waals surface area (Å²) in [6.07, 6.45) is 0.277. The first-order valence-electron chi connectivity index (χ1n) is 8.76. The highest BCUT2D eigenvalue weighted by atomic mass is 16.5. The van der Waals surface area contributed by atoms with Crippen molar-refractivity contribution in [2.24, 2.45) is 0 Å². The number of hydrogen-bond donors (Lipinski definition) is 1. The first-order valence-corrected chi connectivity index (χ1v) is 8.76. The molecule has 148 valence electrons. The van der Waals surface area contributed by atoms with Crippen LogP contribution in [0.3, 0.4) is 0 Å². The number of esters is 2. The average molecular weight is 384 g/mol. The molecule has 0 aliphatic carbocycles. The lowest BCUT2D eigenvalue weighted by molar-refractivity contribution is -0.145. The van der Waals surface area contributed by atoms with E-state index < -0.39 is 30.5 Å². The molecule has 7 heteroatoms. The summed E-state index contributed by atoms with van der Waals surface area (Å²) in [5.41, 5.74) is 2.15. The number of hydrogen-bond acceptors (Lipinski definition) is 6. The van der Waals surface area contributed by atoms with Crippen molar-refractivity contribution in [2.45, 2.75) is 12.5 Å². The molecule has 0 aliphatic heterocycles. The quantitative estimate of drug-likeness (QED) is 0.699. The van der Waals surface area contributed by atoms with Gasteiger partial charge in [0.15, 0.2) is 6.61 Å². The standard InChI is InChI=1S/C21H24N2O5/c1-23(2)17-11-9-16(10-12-17)20(25)28-14-19(24)22-18(21(26)27-3)13-15-7-5-4-6-8-15/h4-12,18H,13-14H2,1-3H3,(H,22,24)/t18-/m0/s1. The maximum absolute atomic E-state index is 12.1. The Morgan fingerprint density at radius 3 is 2.21 bits per heavy atom. The van der Waals surface area contributed by atoms with E-state index in [2.05, 4.69) is 5.32 Å². The lowest BCUT2D eigenvalue weighted by Crippen LogP contribution is -2.44. The van der Waals surface area contributed by atoms with Gasteiger partial charge in [-0.1, -0.05) is 30.3 Å². The van der Waals surface area contributed by atoms with Gasteiger partial charge in [0.2, 0.25) is 0 Å². The molecule has 2 rings (SSSR count). The van der Waals surface area contributed by atoms with E-state index in [4.69, 9.17) is 9.47 Å². The summed E-state index contributed by atoms with van der Waals surface area (Å²) in [7, 11) is 5.04. The van der Waals surface area contributed by atoms with E-state index in [1.54, 1.807) is 24.3 Å². The Kier molecular flexibility index (Phi) is 7.56. The predicted molar refractivity (Wildman–Crippen MR) is 105 cm³/mol. The van der Waals surface area contributed by atoms with Crippen LogP contribution in [0.4, 0.5) is 5.69 Å². The Bertz CT molecular complexity index is 803. The van der Waals surface area contributed by atoms with Crippen LogP contribution < -0.4 is 10.2 Å². The van der Waals surface area contributed by atoms with Crippen LogP contribution in [0, 0.1) is 0 Å². The molecular weight excluding hydrogens is 360 g/mol. The summed E-state index contributed by atoms with van der Waals surface area (Å²) in [4.78, 5) is 38.1. The zero-order chi connectivity index (χ0) is 20.5. The van der Waals surface area contributed by atoms with Crippen molar-refractivity contribution in [1.29, 1.82) is 0 Å². The number of anilines is 1. The van der Waals surface area contributed by atoms with Crippen molar-refractivity contribution in [3.8, 4) is 0 Å². The Balaban J connectivity index is 1.91. The maximum atomic E-state index is 12.1. The first-order chi connectivity index (χ1) is 13.4. The Hall–Kier alpha value is -3.35. The van der Waals surface area contributed by atoms with Crippen molar-refractivity contribution < 1.29 is 23.9 Å². The van der Waals surface area contributed by atoms with Gasteiger partial charge in [-0.15, -0.1) is 0 Å². The molecule has 0 radical (unpaired) electrons. The normalized spacial score (nSPS) is 11.2. The van der Waals surface area contributed by atoms with Gasteiger partial charge >= 0.3 is 11.9 Å². The van der Waals surface area contributed by atoms with Crippen molar-refractivity contribution in [1.82, 2.24) is 5.32 Å². The summed E-state index contributed by atoms with van der Waals surface area (Å²) in [5.74, 6) is -1.76. The Morgan fingerprint density at radius 2 is 1.64 bits per heavy atom. The highest BCUT2D eigenvalue weighted by Crippen LogP contribution is 2.13. The molecule has 1 atom stereocenters. The average Bonchev–Trinajstić information content (AvgIpc) is 2.71. The minimum atomic E-state index is -0.863. The van der Waals surface area contributed by atoms with Crippen LogP contribution >= 0.6 is 0 Å². The van der Waals surface area contributed by atoms with E-state index in [1.807, 2.05) is 49.3 Å². The number of methoxy groups -OCH3 is 1. The molecule has 28 heavy (non-hydrogen) atoms. The second-order valence-corrected chi connectivity index (χ2v) is 6.35. The second kappa shape index (κ2) is 10.1. The van der Waals surface area contributed by atoms with Crippen LogP contribution in [0.25, 0.3) is 0 Å². The van der Waals surface area contributed by atoms with E-state index in [9.17, 15) is 14.4 Å². The molecule has 0 fully saturated rings. The van der Waals surface area contributed by atoms with Gasteiger partial charge in [-0.25, -0.2) is 9.59 Å². The third-order valence-corrected chi connectivity index (χ3v) is 4.06. The van der Waals surface area contributed by atoms with Crippen LogP contribution in [0.5, 0.6) is 0 Å². The monoisotopic (exact) mass is 384 g/mol. The smallest absolute Gasteiger partial charge is 0.338 e. The molecule has 0 bridgehead atoms. The molecule has 1 N–H and O–H groups in total. The van der Waals surface area contributed by atoms with E-state index in [1.165, 1.54) is 7.11 Å². The van der Waals surface area contributed by atoms with Gasteiger partial charge in [-0.05, 0) is 29.8 Å². The molecule has 0 saturated heterocycles. The van der Waals surface area contributed by atoms with Gasteiger partial charge in [0.25, 0.3) is 5.91 Å². The number of rotatable bonds is 8. The predicted octanol–water partition coefficient (Wildman–Crippen LogP) is 1.81. The number of benzene rings is 2. The number of carbonyl (C=O) groups excluding carboxylic acids is 3. The topological polar surface area (TPSA) is 84.9 Å². The highest BCUT2D eigenvalue weighted by molar-refractivity contribution is 5.92. The van der Waals surface area contributed by atoms with E-state index in [0.29, 0.717) is 5.56 Å². The summed E-state index contributed by atoms with van der Waals surface area (Å²) in [6.45, 7) is -0.490. The summed E-state index contributed by atoms with van der Waals surface area (Å²) in [6, 6.07) is 15.2. The third kappa shape index (κ3) is 6.12. The molecule has 0 saturated carbocycles. The SMILES string of the molecule is COC(=O)[C@H](Cc1ccccc1)NC(=O)COC(=O)c1ccc(N(C)C)cc1. The van der Waals surface area contributed by atoms with Crippen molar-refractivity contribution in [3.63, 3.8) is 0 Å². The molecule has 7 nitrogen and oxygen atoms in total. The molecule has 0 aliphatic rings. The zero-order valence-electron chi connectivity index (χ0n) is 16.2. The van der Waals surface area contributed by atoms with Crippen LogP contribution in [0.1, 0.15) is 15.9 Å². The fourth-order valence-electron chi connectivity index (χ4n) is 2.53. The van der Waals surface area contributed by atoms with Gasteiger partial charge in [0, 0.05) is 26.2 Å². The van der Waals surface area contributed by atoms with Gasteiger partial charge in [0.05, 0.1) is 12.7 Å². The number of ether oxygens (including phenoxy) is 2.